The largest absolute Gasteiger partial charge is 0.497 e. The first-order chi connectivity index (χ1) is 67.3. The summed E-state index contributed by atoms with van der Waals surface area (Å²) in [6.45, 7) is 27.9. The molecule has 6 saturated heterocycles. The summed E-state index contributed by atoms with van der Waals surface area (Å²) in [6, 6.07) is 94.7. The van der Waals surface area contributed by atoms with Crippen LogP contribution in [-0.4, -0.2) is 140 Å². The summed E-state index contributed by atoms with van der Waals surface area (Å²) in [5.74, 6) is 16.2. The molecule has 720 valence electrons. The smallest absolute Gasteiger partial charge is 0.126 e. The van der Waals surface area contributed by atoms with E-state index in [1.54, 1.807) is 14.2 Å². The van der Waals surface area contributed by atoms with Crippen LogP contribution in [0.5, 0.6) is 80.5 Å². The highest BCUT2D eigenvalue weighted by Gasteiger charge is 2.50. The van der Waals surface area contributed by atoms with Gasteiger partial charge in [0, 0.05) is 83.2 Å². The van der Waals surface area contributed by atoms with Gasteiger partial charge in [0.05, 0.1) is 60.7 Å². The molecule has 6 N–H and O–H groups in total. The Labute approximate surface area is 814 Å². The molecule has 0 spiro atoms. The molecule has 24 rings (SSSR count). The molecular weight excluding hydrogens is 1730 g/mol. The molecule has 0 aliphatic carbocycles. The van der Waals surface area contributed by atoms with Crippen LogP contribution in [-0.2, 0) is 39.3 Å². The molecule has 0 radical (unpaired) electrons. The van der Waals surface area contributed by atoms with Crippen LogP contribution in [0.1, 0.15) is 182 Å². The van der Waals surface area contributed by atoms with Gasteiger partial charge in [-0.15, -0.1) is 0 Å². The Balaban J connectivity index is 0.000000106. The summed E-state index contributed by atoms with van der Waals surface area (Å²) in [5.41, 5.74) is 15.4. The van der Waals surface area contributed by atoms with Crippen molar-refractivity contribution in [1.82, 2.24) is 31.9 Å². The van der Waals surface area contributed by atoms with E-state index >= 15 is 0 Å². The van der Waals surface area contributed by atoms with Gasteiger partial charge in [-0.05, 0) is 266 Å². The number of ether oxygens (including phenoxy) is 14. The maximum absolute atomic E-state index is 6.00. The Morgan fingerprint density at radius 2 is 0.442 bits per heavy atom. The number of rotatable bonds is 22. The molecule has 12 aromatic rings. The molecule has 138 heavy (non-hydrogen) atoms. The van der Waals surface area contributed by atoms with E-state index in [0.29, 0.717) is 81.8 Å². The van der Waals surface area contributed by atoms with Gasteiger partial charge < -0.3 is 98.2 Å². The fraction of sp³-hybridized carbons (Fsp3) is 0.390. The fourth-order valence-corrected chi connectivity index (χ4v) is 22.2. The van der Waals surface area contributed by atoms with Crippen molar-refractivity contribution in [2.24, 2.45) is 0 Å². The molecule has 20 nitrogen and oxygen atoms in total. The lowest BCUT2D eigenvalue weighted by molar-refractivity contribution is 0.169. The first-order valence-corrected chi connectivity index (χ1v) is 49.6. The monoisotopic (exact) mass is 1860 g/mol. The third-order valence-electron chi connectivity index (χ3n) is 30.3. The van der Waals surface area contributed by atoms with Crippen molar-refractivity contribution < 1.29 is 66.3 Å². The van der Waals surface area contributed by atoms with Crippen molar-refractivity contribution in [2.45, 2.75) is 188 Å². The van der Waals surface area contributed by atoms with Gasteiger partial charge in [0.15, 0.2) is 0 Å². The predicted molar refractivity (Wildman–Crippen MR) is 542 cm³/mol. The Kier molecular flexibility index (Phi) is 29.1. The Morgan fingerprint density at radius 1 is 0.225 bits per heavy atom. The summed E-state index contributed by atoms with van der Waals surface area (Å²) >= 11 is 0. The second kappa shape index (κ2) is 42.5. The number of nitrogens with one attached hydrogen (secondary N) is 6. The van der Waals surface area contributed by atoms with Crippen LogP contribution in [0.4, 0.5) is 0 Å². The lowest BCUT2D eigenvalue weighted by atomic mass is 9.80. The number of hydrogen-bond donors (Lipinski definition) is 6. The van der Waals surface area contributed by atoms with Gasteiger partial charge in [0.1, 0.15) is 147 Å². The Hall–Kier alpha value is -12.4. The second-order valence-electron chi connectivity index (χ2n) is 40.0. The third kappa shape index (κ3) is 21.8. The average Bonchev–Trinajstić information content (AvgIpc) is 1.60. The van der Waals surface area contributed by atoms with Gasteiger partial charge in [0.2, 0.25) is 0 Å². The molecule has 0 aromatic heterocycles. The molecular formula is C118H134N6O14. The van der Waals surface area contributed by atoms with E-state index in [-0.39, 0.29) is 33.2 Å². The molecule has 12 aromatic carbocycles. The average molecular weight is 1860 g/mol. The minimum absolute atomic E-state index is 0.0433. The number of benzene rings is 12. The van der Waals surface area contributed by atoms with Crippen LogP contribution in [0, 0.1) is 0 Å². The molecule has 0 unspecified atom stereocenters. The fourth-order valence-electron chi connectivity index (χ4n) is 22.2. The summed E-state index contributed by atoms with van der Waals surface area (Å²) in [7, 11) is 3.34. The minimum Gasteiger partial charge on any atom is -0.497 e. The van der Waals surface area contributed by atoms with Gasteiger partial charge in [-0.3, -0.25) is 0 Å². The molecule has 0 amide bonds. The molecule has 12 aliphatic heterocycles. The van der Waals surface area contributed by atoms with Crippen LogP contribution in [0.25, 0.3) is 0 Å². The highest BCUT2D eigenvalue weighted by atomic mass is 16.5. The highest BCUT2D eigenvalue weighted by Crippen LogP contribution is 2.52. The van der Waals surface area contributed by atoms with Crippen LogP contribution in [0.3, 0.4) is 0 Å². The first kappa shape index (κ1) is 94.6. The zero-order chi connectivity index (χ0) is 94.5. The molecule has 20 heteroatoms. The van der Waals surface area contributed by atoms with Crippen LogP contribution < -0.4 is 98.2 Å². The van der Waals surface area contributed by atoms with Gasteiger partial charge in [-0.2, -0.15) is 0 Å². The molecule has 6 fully saturated rings. The van der Waals surface area contributed by atoms with Gasteiger partial charge in [0.25, 0.3) is 0 Å². The zero-order valence-electron chi connectivity index (χ0n) is 81.1. The third-order valence-corrected chi connectivity index (χ3v) is 30.3. The van der Waals surface area contributed by atoms with Crippen LogP contribution >= 0.6 is 0 Å². The maximum Gasteiger partial charge on any atom is 0.126 e. The van der Waals surface area contributed by atoms with E-state index in [1.165, 1.54) is 81.3 Å². The topological polar surface area (TPSA) is 201 Å². The van der Waals surface area contributed by atoms with E-state index in [4.69, 9.17) is 66.3 Å². The van der Waals surface area contributed by atoms with Crippen LogP contribution in [0.15, 0.2) is 279 Å². The van der Waals surface area contributed by atoms with Crippen molar-refractivity contribution in [2.75, 3.05) is 106 Å². The van der Waals surface area contributed by atoms with Crippen molar-refractivity contribution in [3.63, 3.8) is 0 Å². The van der Waals surface area contributed by atoms with E-state index in [1.807, 2.05) is 140 Å². The summed E-state index contributed by atoms with van der Waals surface area (Å²) < 4.78 is 81.9. The van der Waals surface area contributed by atoms with Gasteiger partial charge >= 0.3 is 0 Å². The Morgan fingerprint density at radius 3 is 0.717 bits per heavy atom. The highest BCUT2D eigenvalue weighted by molar-refractivity contribution is 5.53. The quantitative estimate of drug-likeness (QED) is 0.0374. The normalized spacial score (nSPS) is 25.3. The minimum atomic E-state index is 0.0433. The van der Waals surface area contributed by atoms with E-state index in [0.717, 1.165) is 190 Å². The number of fused-ring (bicyclic) bond motifs is 18. The van der Waals surface area contributed by atoms with E-state index < -0.39 is 0 Å². The van der Waals surface area contributed by atoms with Gasteiger partial charge in [-0.25, -0.2) is 0 Å². The summed E-state index contributed by atoms with van der Waals surface area (Å²) in [4.78, 5) is 0. The first-order valence-electron chi connectivity index (χ1n) is 49.6. The van der Waals surface area contributed by atoms with Crippen molar-refractivity contribution in [1.29, 1.82) is 0 Å². The standard InChI is InChI=1S/2C20H23NO3.2C20H23NO2.2C19H21NO2/c1-20-13-24-19-8-7-16(11-17(19)18(20)9-10-21-20)23-12-14-3-5-15(22-2)6-4-14;1-20-13-24-19-11-16(7-8-17(19)18(20)9-10-21-20)23-12-14-3-5-15(22-2)6-4-14;1-20-14-23-19-8-7-16(13-17(19)18(20)9-11-21-20)22-12-10-15-5-3-2-4-6-15;1-20-14-23-19-13-16(7-8-17(19)18(20)9-11-21-20)22-12-10-15-5-3-2-4-6-15;1-19-13-22-18-8-7-15(11-16(18)17(19)9-10-20-19)21-12-14-5-3-2-4-6-14;1-19-13-22-18-11-15(21-12-14-5-3-2-4-6-14)7-8-16(18)17(19)9-10-20-19/h2*3-8,11,18,21H,9-10,12-13H2,1-2H3;2*2-8,13,18,21H,9-12,14H2,1H3;2*2-8,11,17,20H,9-10,12-13H2,1H3/t4*18-,20+;2*17-,19+/m000000/s1. The lowest BCUT2D eigenvalue weighted by Gasteiger charge is -2.37. The molecule has 0 bridgehead atoms. The summed E-state index contributed by atoms with van der Waals surface area (Å²) in [6.07, 6.45) is 8.85. The molecule has 0 saturated carbocycles. The van der Waals surface area contributed by atoms with E-state index in [2.05, 4.69) is 213 Å². The Bertz CT molecular complexity index is 6060. The zero-order valence-corrected chi connectivity index (χ0v) is 81.1. The molecule has 12 atom stereocenters. The molecule has 12 aliphatic rings. The second-order valence-corrected chi connectivity index (χ2v) is 40.0. The lowest BCUT2D eigenvalue weighted by Crippen LogP contribution is -2.48. The number of hydrogen-bond acceptors (Lipinski definition) is 20. The van der Waals surface area contributed by atoms with Crippen molar-refractivity contribution >= 4 is 0 Å². The van der Waals surface area contributed by atoms with Crippen molar-refractivity contribution in [3.05, 3.63) is 346 Å². The van der Waals surface area contributed by atoms with E-state index in [9.17, 15) is 0 Å². The van der Waals surface area contributed by atoms with Gasteiger partial charge in [-0.1, -0.05) is 164 Å². The SMILES string of the molecule is COc1ccc(COc2ccc3c(c2)OC[C@@]2(C)NCC[C@@H]32)cc1.COc1ccc(COc2ccc3c(c2)[C@@H]2CCN[C@]2(C)CO3)cc1.C[C@@]12COc3cc(OCCc4ccccc4)ccc3[C@@H]1CCN2.C[C@@]12COc3cc(OCc4ccccc4)ccc3[C@@H]1CCN2.C[C@@]12COc3ccc(OCCc4ccccc4)cc3[C@@H]1CCN2.C[C@@]12COc3ccc(OCc4ccccc4)cc3[C@@H]1CCN2. The van der Waals surface area contributed by atoms with Crippen LogP contribution in [0.2, 0.25) is 0 Å². The van der Waals surface area contributed by atoms with Crippen molar-refractivity contribution in [3.8, 4) is 80.5 Å². The number of methoxy groups -OCH3 is 2. The predicted octanol–water partition coefficient (Wildman–Crippen LogP) is 21.1. The molecule has 12 heterocycles. The maximum atomic E-state index is 6.00. The summed E-state index contributed by atoms with van der Waals surface area (Å²) in [5, 5.41) is 21.5.